The van der Waals surface area contributed by atoms with E-state index in [1.54, 1.807) is 7.11 Å². The number of hydrogen-bond donors (Lipinski definition) is 1. The van der Waals surface area contributed by atoms with Gasteiger partial charge in [0, 0.05) is 29.0 Å². The number of benzene rings is 2. The number of anilines is 1. The van der Waals surface area contributed by atoms with Crippen LogP contribution in [-0.2, 0) is 6.42 Å². The molecule has 0 aliphatic heterocycles. The monoisotopic (exact) mass is 295 g/mol. The highest BCUT2D eigenvalue weighted by atomic mass is 16.5. The molecule has 0 atom stereocenters. The largest absolute Gasteiger partial charge is 0.497 e. The number of nitrogens with two attached hydrogens (primary N) is 1. The number of rotatable bonds is 4. The van der Waals surface area contributed by atoms with Crippen LogP contribution in [0.2, 0.25) is 0 Å². The van der Waals surface area contributed by atoms with Crippen LogP contribution in [0.5, 0.6) is 5.75 Å². The molecule has 3 aromatic rings. The summed E-state index contributed by atoms with van der Waals surface area (Å²) in [6.45, 7) is 4.30. The van der Waals surface area contributed by atoms with Gasteiger partial charge in [0.1, 0.15) is 17.1 Å². The van der Waals surface area contributed by atoms with Crippen LogP contribution in [0.25, 0.3) is 11.0 Å². The smallest absolute Gasteiger partial charge is 0.134 e. The molecule has 0 radical (unpaired) electrons. The molecule has 1 heterocycles. The summed E-state index contributed by atoms with van der Waals surface area (Å²) >= 11 is 0. The Balaban J connectivity index is 2.06. The molecule has 2 aromatic carbocycles. The van der Waals surface area contributed by atoms with Gasteiger partial charge >= 0.3 is 0 Å². The van der Waals surface area contributed by atoms with Crippen molar-refractivity contribution in [3.05, 3.63) is 59.4 Å². The van der Waals surface area contributed by atoms with Crippen molar-refractivity contribution in [2.75, 3.05) is 12.8 Å². The van der Waals surface area contributed by atoms with Gasteiger partial charge in [-0.1, -0.05) is 26.0 Å². The number of nitrogen functional groups attached to an aromatic ring is 1. The predicted molar refractivity (Wildman–Crippen MR) is 90.5 cm³/mol. The molecule has 0 aliphatic carbocycles. The summed E-state index contributed by atoms with van der Waals surface area (Å²) in [5.74, 6) is 2.24. The molecule has 0 amide bonds. The maximum absolute atomic E-state index is 6.05. The zero-order valence-corrected chi connectivity index (χ0v) is 13.2. The first kappa shape index (κ1) is 14.5. The van der Waals surface area contributed by atoms with Crippen LogP contribution in [0.3, 0.4) is 0 Å². The van der Waals surface area contributed by atoms with E-state index in [9.17, 15) is 0 Å². The Kier molecular flexibility index (Phi) is 3.80. The Bertz CT molecular complexity index is 785. The van der Waals surface area contributed by atoms with Gasteiger partial charge in [0.2, 0.25) is 0 Å². The van der Waals surface area contributed by atoms with E-state index in [4.69, 9.17) is 14.9 Å². The third-order valence-corrected chi connectivity index (χ3v) is 3.91. The van der Waals surface area contributed by atoms with Crippen LogP contribution >= 0.6 is 0 Å². The summed E-state index contributed by atoms with van der Waals surface area (Å²) in [4.78, 5) is 0. The second kappa shape index (κ2) is 5.76. The number of fused-ring (bicyclic) bond motifs is 1. The molecule has 1 aromatic heterocycles. The van der Waals surface area contributed by atoms with Crippen molar-refractivity contribution in [1.82, 2.24) is 0 Å². The summed E-state index contributed by atoms with van der Waals surface area (Å²) in [5, 5.41) is 1.11. The minimum Gasteiger partial charge on any atom is -0.497 e. The van der Waals surface area contributed by atoms with Crippen molar-refractivity contribution in [3.8, 4) is 5.75 Å². The lowest BCUT2D eigenvalue weighted by atomic mass is 9.97. The number of hydrogen-bond acceptors (Lipinski definition) is 3. The first-order valence-corrected chi connectivity index (χ1v) is 7.52. The molecule has 0 spiro atoms. The van der Waals surface area contributed by atoms with Gasteiger partial charge in [-0.05, 0) is 35.9 Å². The SMILES string of the molecule is COc1ccc(Cc2c(C(C)C)oc3ccc(N)cc23)cc1. The van der Waals surface area contributed by atoms with E-state index in [0.29, 0.717) is 5.92 Å². The number of furan rings is 1. The summed E-state index contributed by atoms with van der Waals surface area (Å²) in [7, 11) is 1.68. The van der Waals surface area contributed by atoms with Crippen LogP contribution in [0.15, 0.2) is 46.9 Å². The molecule has 0 saturated heterocycles. The van der Waals surface area contributed by atoms with Gasteiger partial charge in [-0.15, -0.1) is 0 Å². The fraction of sp³-hybridized carbons (Fsp3) is 0.263. The van der Waals surface area contributed by atoms with Crippen molar-refractivity contribution < 1.29 is 9.15 Å². The average molecular weight is 295 g/mol. The zero-order chi connectivity index (χ0) is 15.7. The molecule has 0 fully saturated rings. The van der Waals surface area contributed by atoms with E-state index in [0.717, 1.165) is 34.6 Å². The van der Waals surface area contributed by atoms with Crippen LogP contribution in [0, 0.1) is 0 Å². The maximum Gasteiger partial charge on any atom is 0.134 e. The number of methoxy groups -OCH3 is 1. The van der Waals surface area contributed by atoms with Gasteiger partial charge in [0.25, 0.3) is 0 Å². The highest BCUT2D eigenvalue weighted by molar-refractivity contribution is 5.85. The number of ether oxygens (including phenoxy) is 1. The average Bonchev–Trinajstić information content (AvgIpc) is 2.86. The van der Waals surface area contributed by atoms with Crippen LogP contribution < -0.4 is 10.5 Å². The van der Waals surface area contributed by atoms with Gasteiger partial charge < -0.3 is 14.9 Å². The lowest BCUT2D eigenvalue weighted by Gasteiger charge is -2.07. The molecule has 0 saturated carbocycles. The molecule has 0 aliphatic rings. The van der Waals surface area contributed by atoms with Gasteiger partial charge in [0.15, 0.2) is 0 Å². The van der Waals surface area contributed by atoms with Crippen molar-refractivity contribution in [2.45, 2.75) is 26.2 Å². The molecule has 3 rings (SSSR count). The summed E-state index contributed by atoms with van der Waals surface area (Å²) < 4.78 is 11.3. The van der Waals surface area contributed by atoms with E-state index >= 15 is 0 Å². The van der Waals surface area contributed by atoms with E-state index in [2.05, 4.69) is 26.0 Å². The minimum absolute atomic E-state index is 0.335. The Morgan fingerprint density at radius 2 is 1.82 bits per heavy atom. The van der Waals surface area contributed by atoms with Crippen molar-refractivity contribution in [2.24, 2.45) is 0 Å². The quantitative estimate of drug-likeness (QED) is 0.707. The van der Waals surface area contributed by atoms with E-state index < -0.39 is 0 Å². The van der Waals surface area contributed by atoms with Gasteiger partial charge in [0.05, 0.1) is 7.11 Å². The molecule has 114 valence electrons. The first-order valence-electron chi connectivity index (χ1n) is 7.52. The first-order chi connectivity index (χ1) is 10.6. The van der Waals surface area contributed by atoms with Gasteiger partial charge in [-0.3, -0.25) is 0 Å². The van der Waals surface area contributed by atoms with E-state index in [-0.39, 0.29) is 0 Å². The third-order valence-electron chi connectivity index (χ3n) is 3.91. The molecule has 2 N–H and O–H groups in total. The molecular weight excluding hydrogens is 274 g/mol. The third kappa shape index (κ3) is 2.67. The second-order valence-corrected chi connectivity index (χ2v) is 5.88. The van der Waals surface area contributed by atoms with E-state index in [1.807, 2.05) is 30.3 Å². The van der Waals surface area contributed by atoms with Crippen LogP contribution in [-0.4, -0.2) is 7.11 Å². The molecule has 22 heavy (non-hydrogen) atoms. The van der Waals surface area contributed by atoms with Gasteiger partial charge in [-0.25, -0.2) is 0 Å². The second-order valence-electron chi connectivity index (χ2n) is 5.88. The fourth-order valence-electron chi connectivity index (χ4n) is 2.78. The summed E-state index contributed by atoms with van der Waals surface area (Å²) in [5.41, 5.74) is 10.1. The molecule has 3 nitrogen and oxygen atoms in total. The lowest BCUT2D eigenvalue weighted by molar-refractivity contribution is 0.414. The Labute approximate surface area is 130 Å². The van der Waals surface area contributed by atoms with Crippen LogP contribution in [0.4, 0.5) is 5.69 Å². The Hall–Kier alpha value is -2.42. The zero-order valence-electron chi connectivity index (χ0n) is 13.2. The van der Waals surface area contributed by atoms with Crippen molar-refractivity contribution >= 4 is 16.7 Å². The molecule has 3 heteroatoms. The topological polar surface area (TPSA) is 48.4 Å². The Morgan fingerprint density at radius 1 is 1.09 bits per heavy atom. The van der Waals surface area contributed by atoms with Crippen LogP contribution in [0.1, 0.15) is 36.7 Å². The summed E-state index contributed by atoms with van der Waals surface area (Å²) in [6, 6.07) is 14.0. The van der Waals surface area contributed by atoms with Crippen molar-refractivity contribution in [3.63, 3.8) is 0 Å². The predicted octanol–water partition coefficient (Wildman–Crippen LogP) is 4.74. The highest BCUT2D eigenvalue weighted by Gasteiger charge is 2.17. The normalized spacial score (nSPS) is 11.3. The fourth-order valence-corrected chi connectivity index (χ4v) is 2.78. The standard InChI is InChI=1S/C19H21NO2/c1-12(2)19-17(10-13-4-7-15(21-3)8-5-13)16-11-14(20)6-9-18(16)22-19/h4-9,11-12H,10,20H2,1-3H3. The summed E-state index contributed by atoms with van der Waals surface area (Å²) in [6.07, 6.45) is 0.827. The Morgan fingerprint density at radius 3 is 2.45 bits per heavy atom. The molecule has 0 bridgehead atoms. The highest BCUT2D eigenvalue weighted by Crippen LogP contribution is 2.34. The maximum atomic E-state index is 6.05. The van der Waals surface area contributed by atoms with Crippen molar-refractivity contribution in [1.29, 1.82) is 0 Å². The molecular formula is C19H21NO2. The van der Waals surface area contributed by atoms with Gasteiger partial charge in [-0.2, -0.15) is 0 Å². The molecule has 0 unspecified atom stereocenters. The lowest BCUT2D eigenvalue weighted by Crippen LogP contribution is -1.95. The minimum atomic E-state index is 0.335. The van der Waals surface area contributed by atoms with E-state index in [1.165, 1.54) is 11.1 Å².